The highest BCUT2D eigenvalue weighted by atomic mass is 16.2. The van der Waals surface area contributed by atoms with Gasteiger partial charge in [-0.2, -0.15) is 0 Å². The van der Waals surface area contributed by atoms with Crippen molar-refractivity contribution in [3.63, 3.8) is 0 Å². The molecule has 0 bridgehead atoms. The number of allylic oxidation sites excluding steroid dienone is 10. The zero-order valence-corrected chi connectivity index (χ0v) is 15.7. The van der Waals surface area contributed by atoms with E-state index >= 15 is 0 Å². The fraction of sp³-hybridized carbons (Fsp3) is 0.364. The van der Waals surface area contributed by atoms with E-state index in [2.05, 4.69) is 13.2 Å². The van der Waals surface area contributed by atoms with E-state index in [0.29, 0.717) is 22.3 Å². The van der Waals surface area contributed by atoms with Crippen LogP contribution < -0.4 is 0 Å². The van der Waals surface area contributed by atoms with Crippen LogP contribution in [0.2, 0.25) is 0 Å². The first kappa shape index (κ1) is 21.8. The Morgan fingerprint density at radius 2 is 1.17 bits per heavy atom. The Kier molecular flexibility index (Phi) is 10.3. The number of ketones is 2. The van der Waals surface area contributed by atoms with E-state index in [-0.39, 0.29) is 11.6 Å². The average Bonchev–Trinajstić information content (AvgIpc) is 2.53. The Labute approximate surface area is 147 Å². The molecule has 0 N–H and O–H groups in total. The highest BCUT2D eigenvalue weighted by Gasteiger charge is 2.27. The van der Waals surface area contributed by atoms with E-state index in [1.54, 1.807) is 32.9 Å². The van der Waals surface area contributed by atoms with Crippen LogP contribution in [0.3, 0.4) is 0 Å². The molecule has 0 saturated heterocycles. The van der Waals surface area contributed by atoms with Crippen LogP contribution in [0.4, 0.5) is 0 Å². The molecule has 0 saturated carbocycles. The van der Waals surface area contributed by atoms with Crippen molar-refractivity contribution in [3.05, 3.63) is 71.9 Å². The number of hydrogen-bond donors (Lipinski definition) is 0. The van der Waals surface area contributed by atoms with E-state index < -0.39 is 5.92 Å². The lowest BCUT2D eigenvalue weighted by Gasteiger charge is -2.14. The number of Topliss-reactive ketones (excluding diaryl/α,β-unsaturated/α-hetero) is 2. The molecule has 2 heteroatoms. The topological polar surface area (TPSA) is 34.1 Å². The fourth-order valence-electron chi connectivity index (χ4n) is 2.06. The first-order valence-corrected chi connectivity index (χ1v) is 8.41. The van der Waals surface area contributed by atoms with Crippen LogP contribution in [-0.2, 0) is 9.59 Å². The van der Waals surface area contributed by atoms with Crippen molar-refractivity contribution < 1.29 is 9.59 Å². The molecule has 0 aliphatic heterocycles. The first-order chi connectivity index (χ1) is 11.3. The van der Waals surface area contributed by atoms with Crippen molar-refractivity contribution in [2.45, 2.75) is 47.5 Å². The predicted molar refractivity (Wildman–Crippen MR) is 104 cm³/mol. The highest BCUT2D eigenvalue weighted by molar-refractivity contribution is 6.18. The number of hydrogen-bond acceptors (Lipinski definition) is 2. The predicted octanol–water partition coefficient (Wildman–Crippen LogP) is 5.70. The van der Waals surface area contributed by atoms with Crippen molar-refractivity contribution in [3.8, 4) is 0 Å². The molecule has 0 aromatic heterocycles. The van der Waals surface area contributed by atoms with Gasteiger partial charge < -0.3 is 0 Å². The summed E-state index contributed by atoms with van der Waals surface area (Å²) in [6.45, 7) is 17.0. The molecule has 0 aliphatic carbocycles. The Bertz CT molecular complexity index is 556. The van der Waals surface area contributed by atoms with Crippen LogP contribution >= 0.6 is 0 Å². The minimum absolute atomic E-state index is 0.208. The Morgan fingerprint density at radius 3 is 1.42 bits per heavy atom. The summed E-state index contributed by atoms with van der Waals surface area (Å²) in [7, 11) is 0. The molecule has 0 unspecified atom stereocenters. The van der Waals surface area contributed by atoms with Gasteiger partial charge in [0.05, 0.1) is 5.92 Å². The van der Waals surface area contributed by atoms with Gasteiger partial charge in [-0.3, -0.25) is 9.59 Å². The van der Waals surface area contributed by atoms with Gasteiger partial charge in [0, 0.05) is 11.1 Å². The molecule has 0 atom stereocenters. The average molecular weight is 326 g/mol. The van der Waals surface area contributed by atoms with Gasteiger partial charge in [0.1, 0.15) is 0 Å². The lowest BCUT2D eigenvalue weighted by atomic mass is 9.87. The van der Waals surface area contributed by atoms with Gasteiger partial charge in [0.2, 0.25) is 0 Å². The zero-order chi connectivity index (χ0) is 18.7. The van der Waals surface area contributed by atoms with Crippen molar-refractivity contribution in [2.24, 2.45) is 5.92 Å². The highest BCUT2D eigenvalue weighted by Crippen LogP contribution is 2.20. The maximum absolute atomic E-state index is 12.7. The van der Waals surface area contributed by atoms with Crippen LogP contribution in [-0.4, -0.2) is 11.6 Å². The van der Waals surface area contributed by atoms with E-state index in [9.17, 15) is 9.59 Å². The van der Waals surface area contributed by atoms with Crippen LogP contribution in [0.5, 0.6) is 0 Å². The van der Waals surface area contributed by atoms with Crippen molar-refractivity contribution in [2.75, 3.05) is 0 Å². The summed E-state index contributed by atoms with van der Waals surface area (Å²) in [5.41, 5.74) is 2.30. The summed E-state index contributed by atoms with van der Waals surface area (Å²) in [6.07, 6.45) is 12.8. The number of rotatable bonds is 10. The standard InChI is InChI=1S/C22H30O2/c1-8-10-12-14-19(16(3)4)21(23)18(7)22(24)20(17(5)6)15-13-11-9-2/h10-15,18H,3,5,8-9H2,1-2,4,6-7H3/b12-10+,13-11+,19-14+,20-15+. The van der Waals surface area contributed by atoms with Gasteiger partial charge in [-0.05, 0) is 44.8 Å². The van der Waals surface area contributed by atoms with Gasteiger partial charge in [0.15, 0.2) is 11.6 Å². The zero-order valence-electron chi connectivity index (χ0n) is 15.7. The fourth-order valence-corrected chi connectivity index (χ4v) is 2.06. The second kappa shape index (κ2) is 11.3. The summed E-state index contributed by atoms with van der Waals surface area (Å²) in [4.78, 5) is 25.4. The minimum atomic E-state index is -0.763. The van der Waals surface area contributed by atoms with E-state index in [4.69, 9.17) is 0 Å². The molecule has 130 valence electrons. The third kappa shape index (κ3) is 6.91. The Balaban J connectivity index is 5.58. The maximum atomic E-state index is 12.7. The molecule has 0 spiro atoms. The molecule has 0 heterocycles. The van der Waals surface area contributed by atoms with Gasteiger partial charge in [-0.25, -0.2) is 0 Å². The third-order valence-electron chi connectivity index (χ3n) is 3.51. The smallest absolute Gasteiger partial charge is 0.173 e. The molecule has 0 aromatic rings. The first-order valence-electron chi connectivity index (χ1n) is 8.41. The monoisotopic (exact) mass is 326 g/mol. The maximum Gasteiger partial charge on any atom is 0.173 e. The van der Waals surface area contributed by atoms with Gasteiger partial charge >= 0.3 is 0 Å². The van der Waals surface area contributed by atoms with Crippen LogP contribution in [0, 0.1) is 5.92 Å². The van der Waals surface area contributed by atoms with Crippen LogP contribution in [0.25, 0.3) is 0 Å². The van der Waals surface area contributed by atoms with E-state index in [0.717, 1.165) is 12.8 Å². The molecule has 2 nitrogen and oxygen atoms in total. The molecule has 24 heavy (non-hydrogen) atoms. The lowest BCUT2D eigenvalue weighted by molar-refractivity contribution is -0.127. The lowest BCUT2D eigenvalue weighted by Crippen LogP contribution is -2.24. The van der Waals surface area contributed by atoms with Crippen LogP contribution in [0.15, 0.2) is 71.9 Å². The molecule has 0 amide bonds. The molecule has 0 fully saturated rings. The molecule has 0 rings (SSSR count). The van der Waals surface area contributed by atoms with Crippen molar-refractivity contribution in [1.82, 2.24) is 0 Å². The second-order valence-electron chi connectivity index (χ2n) is 5.84. The Hall–Kier alpha value is -2.22. The van der Waals surface area contributed by atoms with Crippen LogP contribution in [0.1, 0.15) is 47.5 Å². The molecular weight excluding hydrogens is 296 g/mol. The summed E-state index contributed by atoms with van der Waals surface area (Å²) in [5.74, 6) is -1.18. The van der Waals surface area contributed by atoms with Gasteiger partial charge in [-0.1, -0.05) is 63.5 Å². The summed E-state index contributed by atoms with van der Waals surface area (Å²) in [5, 5.41) is 0. The molecular formula is C22H30O2. The minimum Gasteiger partial charge on any atom is -0.293 e. The van der Waals surface area contributed by atoms with Crippen molar-refractivity contribution in [1.29, 1.82) is 0 Å². The third-order valence-corrected chi connectivity index (χ3v) is 3.51. The largest absolute Gasteiger partial charge is 0.293 e. The molecule has 0 aromatic carbocycles. The van der Waals surface area contributed by atoms with Crippen molar-refractivity contribution >= 4 is 11.6 Å². The Morgan fingerprint density at radius 1 is 0.833 bits per heavy atom. The summed E-state index contributed by atoms with van der Waals surface area (Å²) < 4.78 is 0. The number of carbonyl (C=O) groups excluding carboxylic acids is 2. The number of carbonyl (C=O) groups is 2. The molecule has 0 aliphatic rings. The van der Waals surface area contributed by atoms with Gasteiger partial charge in [-0.15, -0.1) is 0 Å². The van der Waals surface area contributed by atoms with E-state index in [1.165, 1.54) is 0 Å². The second-order valence-corrected chi connectivity index (χ2v) is 5.84. The summed E-state index contributed by atoms with van der Waals surface area (Å²) in [6, 6.07) is 0. The van der Waals surface area contributed by atoms with Gasteiger partial charge in [0.25, 0.3) is 0 Å². The SMILES string of the molecule is C=C(C)/C(=C\C=C\CC)C(=O)C(C)C(=O)/C(=C/C=C/CC)C(=C)C. The van der Waals surface area contributed by atoms with E-state index in [1.807, 2.05) is 38.2 Å². The normalized spacial score (nSPS) is 14.2. The molecule has 0 radical (unpaired) electrons. The summed E-state index contributed by atoms with van der Waals surface area (Å²) >= 11 is 0. The quantitative estimate of drug-likeness (QED) is 0.293.